The maximum atomic E-state index is 13.5. The van der Waals surface area contributed by atoms with Gasteiger partial charge in [0, 0.05) is 0 Å². The molecule has 0 radical (unpaired) electrons. The highest BCUT2D eigenvalue weighted by atomic mass is 35.5. The molecule has 0 saturated carbocycles. The number of hydrogen-bond acceptors (Lipinski definition) is 5. The van der Waals surface area contributed by atoms with Crippen LogP contribution in [-0.4, -0.2) is 23.8 Å². The smallest absolute Gasteiger partial charge is 0.281 e. The molecule has 0 spiro atoms. The molecule has 4 aromatic carbocycles. The Hall–Kier alpha value is -4.20. The fraction of sp³-hybridized carbons (Fsp3) is 0.133. The molecule has 0 bridgehead atoms. The van der Waals surface area contributed by atoms with Gasteiger partial charge in [-0.15, -0.1) is 0 Å². The second-order valence-corrected chi connectivity index (χ2v) is 8.73. The van der Waals surface area contributed by atoms with Crippen LogP contribution in [0.1, 0.15) is 29.2 Å². The summed E-state index contributed by atoms with van der Waals surface area (Å²) in [5.41, 5.74) is 2.45. The van der Waals surface area contributed by atoms with E-state index in [0.29, 0.717) is 40.4 Å². The minimum absolute atomic E-state index is 0.0958. The molecule has 0 unspecified atom stereocenters. The molecule has 0 atom stereocenters. The van der Waals surface area contributed by atoms with Crippen molar-refractivity contribution in [1.29, 1.82) is 0 Å². The number of aliphatic hydroxyl groups is 1. The van der Waals surface area contributed by atoms with Gasteiger partial charge in [-0.3, -0.25) is 4.79 Å². The SMILES string of the molecule is CCOc1cc(/C=N\NC(=O)C(O)(c2ccccc2)c2ccccc2)cc(Cl)c1OCc1cccc(F)c1. The highest BCUT2D eigenvalue weighted by Gasteiger charge is 2.39. The van der Waals surface area contributed by atoms with E-state index in [1.54, 1.807) is 84.9 Å². The van der Waals surface area contributed by atoms with Crippen LogP contribution in [0, 0.1) is 5.82 Å². The van der Waals surface area contributed by atoms with E-state index < -0.39 is 11.5 Å². The van der Waals surface area contributed by atoms with Gasteiger partial charge in [0.2, 0.25) is 0 Å². The third-order valence-electron chi connectivity index (χ3n) is 5.70. The van der Waals surface area contributed by atoms with Crippen molar-refractivity contribution in [3.05, 3.63) is 130 Å². The van der Waals surface area contributed by atoms with Crippen LogP contribution in [0.4, 0.5) is 4.39 Å². The first-order valence-corrected chi connectivity index (χ1v) is 12.3. The van der Waals surface area contributed by atoms with Crippen LogP contribution in [0.2, 0.25) is 5.02 Å². The summed E-state index contributed by atoms with van der Waals surface area (Å²) in [5, 5.41) is 15.8. The first-order chi connectivity index (χ1) is 18.4. The molecule has 4 aromatic rings. The monoisotopic (exact) mass is 532 g/mol. The van der Waals surface area contributed by atoms with Crippen LogP contribution in [0.3, 0.4) is 0 Å². The quantitative estimate of drug-likeness (QED) is 0.198. The van der Waals surface area contributed by atoms with Crippen molar-refractivity contribution < 1.29 is 23.8 Å². The minimum atomic E-state index is -1.96. The maximum Gasteiger partial charge on any atom is 0.281 e. The number of ether oxygens (including phenoxy) is 2. The van der Waals surface area contributed by atoms with Gasteiger partial charge in [0.05, 0.1) is 17.8 Å². The molecule has 0 fully saturated rings. The Kier molecular flexibility index (Phi) is 8.73. The zero-order valence-corrected chi connectivity index (χ0v) is 21.4. The molecule has 0 aliphatic rings. The number of benzene rings is 4. The zero-order valence-electron chi connectivity index (χ0n) is 20.6. The number of nitrogens with zero attached hydrogens (tertiary/aromatic N) is 1. The van der Waals surface area contributed by atoms with Gasteiger partial charge in [-0.2, -0.15) is 5.10 Å². The van der Waals surface area contributed by atoms with Crippen molar-refractivity contribution in [1.82, 2.24) is 5.43 Å². The van der Waals surface area contributed by atoms with Crippen molar-refractivity contribution in [3.8, 4) is 11.5 Å². The van der Waals surface area contributed by atoms with Crippen molar-refractivity contribution in [2.75, 3.05) is 6.61 Å². The maximum absolute atomic E-state index is 13.5. The second-order valence-electron chi connectivity index (χ2n) is 8.32. The molecule has 38 heavy (non-hydrogen) atoms. The molecule has 8 heteroatoms. The molecular formula is C30H26ClFN2O4. The van der Waals surface area contributed by atoms with Gasteiger partial charge in [0.25, 0.3) is 5.91 Å². The van der Waals surface area contributed by atoms with Gasteiger partial charge in [0.15, 0.2) is 17.1 Å². The van der Waals surface area contributed by atoms with Crippen LogP contribution in [-0.2, 0) is 17.0 Å². The fourth-order valence-electron chi connectivity index (χ4n) is 3.88. The topological polar surface area (TPSA) is 80.2 Å². The Morgan fingerprint density at radius 3 is 2.24 bits per heavy atom. The lowest BCUT2D eigenvalue weighted by atomic mass is 9.85. The van der Waals surface area contributed by atoms with E-state index in [1.165, 1.54) is 18.3 Å². The number of rotatable bonds is 10. The Morgan fingerprint density at radius 1 is 0.974 bits per heavy atom. The van der Waals surface area contributed by atoms with Crippen molar-refractivity contribution in [3.63, 3.8) is 0 Å². The average molecular weight is 533 g/mol. The number of nitrogens with one attached hydrogen (secondary N) is 1. The highest BCUT2D eigenvalue weighted by molar-refractivity contribution is 6.32. The summed E-state index contributed by atoms with van der Waals surface area (Å²) < 4.78 is 25.0. The molecule has 4 rings (SSSR count). The Labute approximate surface area is 225 Å². The van der Waals surface area contributed by atoms with Gasteiger partial charge in [-0.1, -0.05) is 84.4 Å². The Morgan fingerprint density at radius 2 is 1.63 bits per heavy atom. The Balaban J connectivity index is 1.54. The third-order valence-corrected chi connectivity index (χ3v) is 5.98. The van der Waals surface area contributed by atoms with Gasteiger partial charge in [0.1, 0.15) is 12.4 Å². The lowest BCUT2D eigenvalue weighted by Crippen LogP contribution is -2.43. The molecular weight excluding hydrogens is 507 g/mol. The summed E-state index contributed by atoms with van der Waals surface area (Å²) in [5.74, 6) is -0.407. The molecule has 6 nitrogen and oxygen atoms in total. The molecule has 0 aromatic heterocycles. The number of hydrazone groups is 1. The minimum Gasteiger partial charge on any atom is -0.490 e. The lowest BCUT2D eigenvalue weighted by Gasteiger charge is -2.27. The average Bonchev–Trinajstić information content (AvgIpc) is 2.93. The summed E-state index contributed by atoms with van der Waals surface area (Å²) >= 11 is 6.47. The molecule has 194 valence electrons. The largest absolute Gasteiger partial charge is 0.490 e. The predicted molar refractivity (Wildman–Crippen MR) is 145 cm³/mol. The lowest BCUT2D eigenvalue weighted by molar-refractivity contribution is -0.136. The van der Waals surface area contributed by atoms with E-state index in [0.717, 1.165) is 0 Å². The summed E-state index contributed by atoms with van der Waals surface area (Å²) in [7, 11) is 0. The predicted octanol–water partition coefficient (Wildman–Crippen LogP) is 5.84. The number of carbonyl (C=O) groups excluding carboxylic acids is 1. The summed E-state index contributed by atoms with van der Waals surface area (Å²) in [6, 6.07) is 26.6. The van der Waals surface area contributed by atoms with E-state index >= 15 is 0 Å². The van der Waals surface area contributed by atoms with E-state index in [9.17, 15) is 14.3 Å². The zero-order chi connectivity index (χ0) is 27.0. The van der Waals surface area contributed by atoms with Crippen molar-refractivity contribution in [2.24, 2.45) is 5.10 Å². The van der Waals surface area contributed by atoms with Crippen molar-refractivity contribution >= 4 is 23.7 Å². The van der Waals surface area contributed by atoms with Gasteiger partial charge in [-0.25, -0.2) is 9.82 Å². The Bertz CT molecular complexity index is 1380. The number of halogens is 2. The first kappa shape index (κ1) is 26.9. The number of carbonyl (C=O) groups is 1. The third kappa shape index (κ3) is 6.19. The standard InChI is InChI=1S/C30H26ClFN2O4/c1-2-37-27-18-22(17-26(31)28(27)38-20-21-10-9-15-25(32)16-21)19-33-34-29(35)30(36,23-11-5-3-6-12-23)24-13-7-4-8-14-24/h3-19,36H,2,20H2,1H3,(H,34,35)/b33-19-. The van der Waals surface area contributed by atoms with E-state index in [1.807, 2.05) is 6.92 Å². The second kappa shape index (κ2) is 12.4. The molecule has 2 N–H and O–H groups in total. The van der Waals surface area contributed by atoms with Crippen LogP contribution < -0.4 is 14.9 Å². The number of hydrogen-bond donors (Lipinski definition) is 2. The summed E-state index contributed by atoms with van der Waals surface area (Å²) in [4.78, 5) is 13.2. The molecule has 0 heterocycles. The van der Waals surface area contributed by atoms with Gasteiger partial charge in [-0.05, 0) is 53.4 Å². The van der Waals surface area contributed by atoms with Crippen LogP contribution >= 0.6 is 11.6 Å². The number of amides is 1. The molecule has 0 aliphatic carbocycles. The van der Waals surface area contributed by atoms with Gasteiger partial charge >= 0.3 is 0 Å². The van der Waals surface area contributed by atoms with Crippen LogP contribution in [0.5, 0.6) is 11.5 Å². The van der Waals surface area contributed by atoms with Crippen LogP contribution in [0.25, 0.3) is 0 Å². The summed E-state index contributed by atoms with van der Waals surface area (Å²) in [6.07, 6.45) is 1.39. The van der Waals surface area contributed by atoms with Gasteiger partial charge < -0.3 is 14.6 Å². The molecule has 0 aliphatic heterocycles. The normalized spacial score (nSPS) is 11.4. The first-order valence-electron chi connectivity index (χ1n) is 11.9. The molecule has 1 amide bonds. The highest BCUT2D eigenvalue weighted by Crippen LogP contribution is 2.37. The van der Waals surface area contributed by atoms with Crippen LogP contribution in [0.15, 0.2) is 102 Å². The van der Waals surface area contributed by atoms with E-state index in [-0.39, 0.29) is 17.4 Å². The summed E-state index contributed by atoms with van der Waals surface area (Å²) in [6.45, 7) is 2.27. The van der Waals surface area contributed by atoms with E-state index in [2.05, 4.69) is 10.5 Å². The fourth-order valence-corrected chi connectivity index (χ4v) is 4.16. The van der Waals surface area contributed by atoms with E-state index in [4.69, 9.17) is 21.1 Å². The molecule has 0 saturated heterocycles. The van der Waals surface area contributed by atoms with Crippen molar-refractivity contribution in [2.45, 2.75) is 19.1 Å².